The molecule has 0 bridgehead atoms. The molecule has 1 fully saturated rings. The van der Waals surface area contributed by atoms with Gasteiger partial charge in [-0.2, -0.15) is 0 Å². The molecule has 8 heteroatoms. The van der Waals surface area contributed by atoms with Crippen LogP contribution in [0.25, 0.3) is 0 Å². The Labute approximate surface area is 215 Å². The van der Waals surface area contributed by atoms with Crippen molar-refractivity contribution < 1.29 is 19.1 Å². The summed E-state index contributed by atoms with van der Waals surface area (Å²) in [7, 11) is 1.91. The van der Waals surface area contributed by atoms with Crippen LogP contribution in [0.4, 0.5) is 5.69 Å². The van der Waals surface area contributed by atoms with Crippen LogP contribution in [0.3, 0.4) is 0 Å². The molecule has 184 valence electrons. The van der Waals surface area contributed by atoms with Gasteiger partial charge in [0.15, 0.2) is 0 Å². The summed E-state index contributed by atoms with van der Waals surface area (Å²) >= 11 is 7.32. The average molecular weight is 513 g/mol. The largest absolute Gasteiger partial charge is 0.462 e. The van der Waals surface area contributed by atoms with Gasteiger partial charge in [-0.25, -0.2) is 9.69 Å². The maximum Gasteiger partial charge on any atom is 0.338 e. The van der Waals surface area contributed by atoms with E-state index in [2.05, 4.69) is 0 Å². The number of thioether (sulfide) groups is 1. The van der Waals surface area contributed by atoms with Gasteiger partial charge in [-0.05, 0) is 67.8 Å². The van der Waals surface area contributed by atoms with Crippen LogP contribution in [0.2, 0.25) is 5.02 Å². The van der Waals surface area contributed by atoms with Crippen molar-refractivity contribution in [1.29, 1.82) is 0 Å². The zero-order valence-electron chi connectivity index (χ0n) is 20.0. The Morgan fingerprint density at radius 3 is 2.31 bits per heavy atom. The van der Waals surface area contributed by atoms with E-state index < -0.39 is 5.97 Å². The number of likely N-dealkylation sites (N-methyl/N-ethyl adjacent to an activating group) is 1. The molecule has 2 amide bonds. The third-order valence-electron chi connectivity index (χ3n) is 6.33. The van der Waals surface area contributed by atoms with E-state index in [4.69, 9.17) is 16.3 Å². The highest BCUT2D eigenvalue weighted by Crippen LogP contribution is 2.40. The summed E-state index contributed by atoms with van der Waals surface area (Å²) in [6.07, 6.45) is 6.15. The van der Waals surface area contributed by atoms with Crippen molar-refractivity contribution >= 4 is 46.8 Å². The van der Waals surface area contributed by atoms with Crippen molar-refractivity contribution in [2.75, 3.05) is 18.6 Å². The Morgan fingerprint density at radius 2 is 1.69 bits per heavy atom. The van der Waals surface area contributed by atoms with Crippen LogP contribution < -0.4 is 4.90 Å². The molecule has 1 saturated carbocycles. The third-order valence-corrected chi connectivity index (χ3v) is 7.66. The summed E-state index contributed by atoms with van der Waals surface area (Å²) in [6, 6.07) is 13.8. The molecule has 2 aromatic carbocycles. The minimum atomic E-state index is -0.424. The Kier molecular flexibility index (Phi) is 8.19. The van der Waals surface area contributed by atoms with E-state index in [1.807, 2.05) is 31.0 Å². The first kappa shape index (κ1) is 25.3. The number of benzene rings is 2. The number of hydrogen-bond acceptors (Lipinski definition) is 6. The number of ether oxygens (including phenoxy) is 1. The Bertz CT molecular complexity index is 1120. The van der Waals surface area contributed by atoms with E-state index in [9.17, 15) is 14.4 Å². The van der Waals surface area contributed by atoms with Crippen LogP contribution in [0.1, 0.15) is 55.8 Å². The van der Waals surface area contributed by atoms with E-state index in [0.29, 0.717) is 33.5 Å². The fourth-order valence-corrected chi connectivity index (χ4v) is 5.57. The minimum Gasteiger partial charge on any atom is -0.462 e. The highest BCUT2D eigenvalue weighted by Gasteiger charge is 2.43. The van der Waals surface area contributed by atoms with Crippen molar-refractivity contribution in [3.63, 3.8) is 0 Å². The van der Waals surface area contributed by atoms with Gasteiger partial charge in [0.1, 0.15) is 10.6 Å². The second kappa shape index (κ2) is 11.3. The third kappa shape index (κ3) is 5.57. The zero-order chi connectivity index (χ0) is 24.9. The van der Waals surface area contributed by atoms with E-state index >= 15 is 0 Å². The fourth-order valence-electron chi connectivity index (χ4n) is 4.43. The molecule has 35 heavy (non-hydrogen) atoms. The second-order valence-electron chi connectivity index (χ2n) is 8.76. The average Bonchev–Trinajstić information content (AvgIpc) is 3.12. The Morgan fingerprint density at radius 1 is 1.03 bits per heavy atom. The fraction of sp³-hybridized carbons (Fsp3) is 0.370. The van der Waals surface area contributed by atoms with Gasteiger partial charge in [-0.1, -0.05) is 49.5 Å². The molecule has 1 aliphatic carbocycles. The van der Waals surface area contributed by atoms with E-state index in [-0.39, 0.29) is 17.9 Å². The normalized spacial score (nSPS) is 16.7. The topological polar surface area (TPSA) is 66.9 Å². The summed E-state index contributed by atoms with van der Waals surface area (Å²) in [5.41, 5.74) is 1.23. The van der Waals surface area contributed by atoms with Crippen LogP contribution in [0.15, 0.2) is 64.0 Å². The Balaban J connectivity index is 1.65. The molecule has 0 unspecified atom stereocenters. The molecule has 0 spiro atoms. The predicted molar refractivity (Wildman–Crippen MR) is 138 cm³/mol. The van der Waals surface area contributed by atoms with Crippen LogP contribution in [0.5, 0.6) is 0 Å². The lowest BCUT2D eigenvalue weighted by Gasteiger charge is -2.33. The van der Waals surface area contributed by atoms with E-state index in [1.165, 1.54) is 23.1 Å². The van der Waals surface area contributed by atoms with Crippen molar-refractivity contribution in [1.82, 2.24) is 4.90 Å². The number of rotatable bonds is 8. The molecule has 6 nitrogen and oxygen atoms in total. The van der Waals surface area contributed by atoms with Crippen LogP contribution in [-0.2, 0) is 14.3 Å². The first-order valence-electron chi connectivity index (χ1n) is 12.0. The van der Waals surface area contributed by atoms with Gasteiger partial charge in [0, 0.05) is 23.0 Å². The molecule has 0 N–H and O–H groups in total. The van der Waals surface area contributed by atoms with Gasteiger partial charge in [-0.15, -0.1) is 0 Å². The molecule has 1 aliphatic heterocycles. The number of carbonyl (C=O) groups excluding carboxylic acids is 3. The number of carbonyl (C=O) groups is 3. The van der Waals surface area contributed by atoms with Crippen LogP contribution >= 0.6 is 23.4 Å². The van der Waals surface area contributed by atoms with Gasteiger partial charge < -0.3 is 9.64 Å². The van der Waals surface area contributed by atoms with Gasteiger partial charge in [-0.3, -0.25) is 9.59 Å². The van der Waals surface area contributed by atoms with Gasteiger partial charge >= 0.3 is 5.97 Å². The second-order valence-corrected chi connectivity index (χ2v) is 10.3. The molecule has 0 radical (unpaired) electrons. The molecule has 1 heterocycles. The van der Waals surface area contributed by atoms with Gasteiger partial charge in [0.25, 0.3) is 11.8 Å². The zero-order valence-corrected chi connectivity index (χ0v) is 21.5. The Hall–Kier alpha value is -2.77. The maximum absolute atomic E-state index is 13.7. The van der Waals surface area contributed by atoms with Crippen molar-refractivity contribution in [3.05, 3.63) is 69.7 Å². The number of halogens is 1. The first-order valence-corrected chi connectivity index (χ1v) is 13.2. The van der Waals surface area contributed by atoms with Crippen molar-refractivity contribution in [2.24, 2.45) is 0 Å². The molecular weight excluding hydrogens is 484 g/mol. The van der Waals surface area contributed by atoms with Gasteiger partial charge in [0.05, 0.1) is 17.9 Å². The summed E-state index contributed by atoms with van der Waals surface area (Å²) in [4.78, 5) is 43.9. The quantitative estimate of drug-likeness (QED) is 0.317. The molecule has 0 aromatic heterocycles. The van der Waals surface area contributed by atoms with Gasteiger partial charge in [0.2, 0.25) is 0 Å². The number of amides is 2. The van der Waals surface area contributed by atoms with Crippen LogP contribution in [0, 0.1) is 0 Å². The molecule has 0 saturated heterocycles. The summed E-state index contributed by atoms with van der Waals surface area (Å²) in [5, 5.41) is 0.607. The number of hydrogen-bond donors (Lipinski definition) is 0. The monoisotopic (exact) mass is 512 g/mol. The SMILES string of the molecule is CCCOC(=O)c1ccc(N2C(=O)C(Sc3ccc(Cl)cc3)=C(N(C)C3CCCCC3)C2=O)cc1. The van der Waals surface area contributed by atoms with Crippen molar-refractivity contribution in [2.45, 2.75) is 56.4 Å². The maximum atomic E-state index is 13.7. The highest BCUT2D eigenvalue weighted by molar-refractivity contribution is 8.04. The summed E-state index contributed by atoms with van der Waals surface area (Å²) in [5.74, 6) is -1.14. The molecule has 2 aromatic rings. The highest BCUT2D eigenvalue weighted by atomic mass is 35.5. The first-order chi connectivity index (χ1) is 16.9. The van der Waals surface area contributed by atoms with E-state index in [0.717, 1.165) is 37.0 Å². The summed E-state index contributed by atoms with van der Waals surface area (Å²) in [6.45, 7) is 2.27. The van der Waals surface area contributed by atoms with Crippen LogP contribution in [-0.4, -0.2) is 42.4 Å². The van der Waals surface area contributed by atoms with E-state index in [1.54, 1.807) is 36.4 Å². The number of anilines is 1. The molecule has 2 aliphatic rings. The predicted octanol–water partition coefficient (Wildman–Crippen LogP) is 6.05. The lowest BCUT2D eigenvalue weighted by Crippen LogP contribution is -2.38. The minimum absolute atomic E-state index is 0.215. The standard InChI is InChI=1S/C27H29ClN2O4S/c1-3-17-34-27(33)18-9-13-21(14-10-18)30-25(31)23(29(2)20-7-5-4-6-8-20)24(26(30)32)35-22-15-11-19(28)12-16-22/h9-16,20H,3-8,17H2,1-2H3. The number of nitrogens with zero attached hydrogens (tertiary/aromatic N) is 2. The lowest BCUT2D eigenvalue weighted by atomic mass is 9.94. The summed E-state index contributed by atoms with van der Waals surface area (Å²) < 4.78 is 5.18. The van der Waals surface area contributed by atoms with Crippen molar-refractivity contribution in [3.8, 4) is 0 Å². The number of esters is 1. The lowest BCUT2D eigenvalue weighted by molar-refractivity contribution is -0.121. The molecule has 4 rings (SSSR count). The smallest absolute Gasteiger partial charge is 0.338 e. The molecular formula is C27H29ClN2O4S. The number of imide groups is 1. The molecule has 0 atom stereocenters.